The van der Waals surface area contributed by atoms with Crippen LogP contribution in [0.25, 0.3) is 0 Å². The van der Waals surface area contributed by atoms with E-state index in [0.29, 0.717) is 5.92 Å². The SMILES string of the molecule is CC.CCn1cc(C(C)C)c(C)n1. The molecule has 1 rings (SSSR count). The second-order valence-corrected chi connectivity index (χ2v) is 3.18. The first-order chi connectivity index (χ1) is 6.15. The van der Waals surface area contributed by atoms with Gasteiger partial charge in [0, 0.05) is 12.7 Å². The Kier molecular flexibility index (Phi) is 5.44. The van der Waals surface area contributed by atoms with E-state index in [0.717, 1.165) is 6.54 Å². The van der Waals surface area contributed by atoms with Crippen LogP contribution in [0.15, 0.2) is 6.20 Å². The Hall–Kier alpha value is -0.790. The quantitative estimate of drug-likeness (QED) is 0.685. The van der Waals surface area contributed by atoms with Gasteiger partial charge in [-0.05, 0) is 25.3 Å². The van der Waals surface area contributed by atoms with Gasteiger partial charge in [-0.25, -0.2) is 0 Å². The summed E-state index contributed by atoms with van der Waals surface area (Å²) in [6.07, 6.45) is 2.14. The van der Waals surface area contributed by atoms with Crippen LogP contribution in [0.2, 0.25) is 0 Å². The molecular weight excluding hydrogens is 160 g/mol. The summed E-state index contributed by atoms with van der Waals surface area (Å²) in [5.74, 6) is 0.593. The minimum Gasteiger partial charge on any atom is -0.272 e. The predicted octanol–water partition coefficient (Wildman–Crippen LogP) is 3.36. The standard InChI is InChI=1S/C9H16N2.C2H6/c1-5-11-6-9(7(2)3)8(4)10-11;1-2/h6-7H,5H2,1-4H3;1-2H3. The lowest BCUT2D eigenvalue weighted by molar-refractivity contribution is 0.653. The molecule has 0 aromatic carbocycles. The van der Waals surface area contributed by atoms with Crippen molar-refractivity contribution >= 4 is 0 Å². The highest BCUT2D eigenvalue weighted by Gasteiger charge is 2.06. The van der Waals surface area contributed by atoms with E-state index in [2.05, 4.69) is 39.0 Å². The second-order valence-electron chi connectivity index (χ2n) is 3.18. The average molecular weight is 182 g/mol. The Balaban J connectivity index is 0.000000671. The van der Waals surface area contributed by atoms with Gasteiger partial charge in [0.1, 0.15) is 0 Å². The van der Waals surface area contributed by atoms with E-state index in [9.17, 15) is 0 Å². The topological polar surface area (TPSA) is 17.8 Å². The van der Waals surface area contributed by atoms with Gasteiger partial charge in [-0.15, -0.1) is 0 Å². The van der Waals surface area contributed by atoms with Crippen molar-refractivity contribution in [3.63, 3.8) is 0 Å². The maximum atomic E-state index is 4.37. The monoisotopic (exact) mass is 182 g/mol. The molecule has 0 aliphatic carbocycles. The highest BCUT2D eigenvalue weighted by Crippen LogP contribution is 2.16. The van der Waals surface area contributed by atoms with Crippen LogP contribution in [0.3, 0.4) is 0 Å². The van der Waals surface area contributed by atoms with E-state index in [1.807, 2.05) is 18.5 Å². The number of aryl methyl sites for hydroxylation is 2. The van der Waals surface area contributed by atoms with Gasteiger partial charge in [-0.3, -0.25) is 4.68 Å². The molecule has 0 radical (unpaired) electrons. The van der Waals surface area contributed by atoms with Crippen LogP contribution < -0.4 is 0 Å². The van der Waals surface area contributed by atoms with Crippen LogP contribution in [0.5, 0.6) is 0 Å². The number of nitrogens with zero attached hydrogens (tertiary/aromatic N) is 2. The van der Waals surface area contributed by atoms with Gasteiger partial charge in [-0.1, -0.05) is 27.7 Å². The molecule has 13 heavy (non-hydrogen) atoms. The minimum atomic E-state index is 0.593. The predicted molar refractivity (Wildman–Crippen MR) is 58.1 cm³/mol. The van der Waals surface area contributed by atoms with Crippen LogP contribution in [0, 0.1) is 6.92 Å². The lowest BCUT2D eigenvalue weighted by Crippen LogP contribution is -1.93. The number of rotatable bonds is 2. The third-order valence-electron chi connectivity index (χ3n) is 1.93. The van der Waals surface area contributed by atoms with Gasteiger partial charge >= 0.3 is 0 Å². The van der Waals surface area contributed by atoms with Crippen molar-refractivity contribution in [2.75, 3.05) is 0 Å². The largest absolute Gasteiger partial charge is 0.272 e. The van der Waals surface area contributed by atoms with Crippen molar-refractivity contribution in [2.24, 2.45) is 0 Å². The van der Waals surface area contributed by atoms with Crippen LogP contribution >= 0.6 is 0 Å². The molecule has 1 heterocycles. The molecule has 0 fully saturated rings. The third kappa shape index (κ3) is 3.21. The molecule has 0 spiro atoms. The first-order valence-electron chi connectivity index (χ1n) is 5.19. The van der Waals surface area contributed by atoms with Gasteiger partial charge in [0.15, 0.2) is 0 Å². The molecule has 0 saturated carbocycles. The van der Waals surface area contributed by atoms with Crippen molar-refractivity contribution in [1.82, 2.24) is 9.78 Å². The lowest BCUT2D eigenvalue weighted by atomic mass is 10.1. The van der Waals surface area contributed by atoms with Crippen LogP contribution in [0.1, 0.15) is 51.8 Å². The van der Waals surface area contributed by atoms with E-state index in [1.165, 1.54) is 11.3 Å². The van der Waals surface area contributed by atoms with E-state index < -0.39 is 0 Å². The normalized spacial score (nSPS) is 9.77. The maximum Gasteiger partial charge on any atom is 0.0628 e. The van der Waals surface area contributed by atoms with Crippen LogP contribution in [-0.4, -0.2) is 9.78 Å². The van der Waals surface area contributed by atoms with Gasteiger partial charge in [0.25, 0.3) is 0 Å². The van der Waals surface area contributed by atoms with Gasteiger partial charge in [-0.2, -0.15) is 5.10 Å². The number of aromatic nitrogens is 2. The number of hydrogen-bond donors (Lipinski definition) is 0. The maximum absolute atomic E-state index is 4.37. The summed E-state index contributed by atoms with van der Waals surface area (Å²) in [6.45, 7) is 13.5. The summed E-state index contributed by atoms with van der Waals surface area (Å²) in [5, 5.41) is 4.37. The zero-order chi connectivity index (χ0) is 10.4. The highest BCUT2D eigenvalue weighted by atomic mass is 15.3. The van der Waals surface area contributed by atoms with Crippen molar-refractivity contribution in [1.29, 1.82) is 0 Å². The summed E-state index contributed by atoms with van der Waals surface area (Å²) in [5.41, 5.74) is 2.54. The lowest BCUT2D eigenvalue weighted by Gasteiger charge is -1.99. The minimum absolute atomic E-state index is 0.593. The smallest absolute Gasteiger partial charge is 0.0628 e. The zero-order valence-electron chi connectivity index (χ0n) is 9.76. The van der Waals surface area contributed by atoms with Crippen molar-refractivity contribution in [2.45, 2.75) is 54.0 Å². The van der Waals surface area contributed by atoms with Gasteiger partial charge < -0.3 is 0 Å². The fourth-order valence-corrected chi connectivity index (χ4v) is 1.26. The average Bonchev–Trinajstić information content (AvgIpc) is 2.50. The van der Waals surface area contributed by atoms with E-state index in [1.54, 1.807) is 0 Å². The molecular formula is C11H22N2. The Morgan fingerprint density at radius 1 is 1.38 bits per heavy atom. The third-order valence-corrected chi connectivity index (χ3v) is 1.93. The second kappa shape index (κ2) is 5.79. The highest BCUT2D eigenvalue weighted by molar-refractivity contribution is 5.18. The molecule has 0 amide bonds. The molecule has 0 saturated heterocycles. The first kappa shape index (κ1) is 12.2. The Morgan fingerprint density at radius 2 is 1.92 bits per heavy atom. The molecule has 2 heteroatoms. The molecule has 0 unspecified atom stereocenters. The van der Waals surface area contributed by atoms with Gasteiger partial charge in [0.05, 0.1) is 5.69 Å². The van der Waals surface area contributed by atoms with Crippen molar-refractivity contribution < 1.29 is 0 Å². The molecule has 0 bridgehead atoms. The van der Waals surface area contributed by atoms with E-state index in [4.69, 9.17) is 0 Å². The fraction of sp³-hybridized carbons (Fsp3) is 0.727. The molecule has 1 aromatic heterocycles. The van der Waals surface area contributed by atoms with E-state index in [-0.39, 0.29) is 0 Å². The molecule has 1 aromatic rings. The summed E-state index contributed by atoms with van der Waals surface area (Å²) in [6, 6.07) is 0. The summed E-state index contributed by atoms with van der Waals surface area (Å²) in [7, 11) is 0. The van der Waals surface area contributed by atoms with Crippen molar-refractivity contribution in [3.8, 4) is 0 Å². The Bertz CT molecular complexity index is 236. The van der Waals surface area contributed by atoms with Gasteiger partial charge in [0.2, 0.25) is 0 Å². The molecule has 2 nitrogen and oxygen atoms in total. The fourth-order valence-electron chi connectivity index (χ4n) is 1.26. The zero-order valence-corrected chi connectivity index (χ0v) is 9.76. The molecule has 0 aliphatic rings. The molecule has 0 atom stereocenters. The van der Waals surface area contributed by atoms with Crippen LogP contribution in [-0.2, 0) is 6.54 Å². The van der Waals surface area contributed by atoms with Crippen molar-refractivity contribution in [3.05, 3.63) is 17.5 Å². The Labute approximate surface area is 82.0 Å². The van der Waals surface area contributed by atoms with E-state index >= 15 is 0 Å². The first-order valence-corrected chi connectivity index (χ1v) is 5.19. The molecule has 76 valence electrons. The molecule has 0 N–H and O–H groups in total. The molecule has 0 aliphatic heterocycles. The number of hydrogen-bond acceptors (Lipinski definition) is 1. The Morgan fingerprint density at radius 3 is 2.15 bits per heavy atom. The summed E-state index contributed by atoms with van der Waals surface area (Å²) < 4.78 is 1.99. The summed E-state index contributed by atoms with van der Waals surface area (Å²) >= 11 is 0. The van der Waals surface area contributed by atoms with Crippen LogP contribution in [0.4, 0.5) is 0 Å². The summed E-state index contributed by atoms with van der Waals surface area (Å²) in [4.78, 5) is 0.